The molecule has 0 radical (unpaired) electrons. The minimum Gasteiger partial charge on any atom is -0.451 e. The molecule has 0 unspecified atom stereocenters. The average Bonchev–Trinajstić information content (AvgIpc) is 2.93. The average molecular weight is 496 g/mol. The van der Waals surface area contributed by atoms with Gasteiger partial charge in [0.05, 0.1) is 29.0 Å². The van der Waals surface area contributed by atoms with Gasteiger partial charge >= 0.3 is 0 Å². The number of hydrogen-bond acceptors (Lipinski definition) is 6. The van der Waals surface area contributed by atoms with E-state index in [-0.39, 0.29) is 23.4 Å². The molecule has 0 saturated carbocycles. The van der Waals surface area contributed by atoms with Crippen LogP contribution < -0.4 is 20.4 Å². The van der Waals surface area contributed by atoms with Crippen LogP contribution in [0.15, 0.2) is 71.8 Å². The number of benzene rings is 2. The molecular weight excluding hydrogens is 470 g/mol. The van der Waals surface area contributed by atoms with Crippen molar-refractivity contribution < 1.29 is 14.3 Å². The van der Waals surface area contributed by atoms with Crippen LogP contribution in [0.2, 0.25) is 0 Å². The standard InChI is InChI=1S/C28H25N5O4/c1-18(34)31-12-14-32(15-13-31)23-10-9-20-25-27(23)37-24-8-3-2-7-22(24)33(25)17-21(26(20)35)28(36)30-16-19-6-4-5-11-29-19/h2-11,17H,12-16H2,1H3,(H,30,36). The third-order valence-electron chi connectivity index (χ3n) is 6.90. The van der Waals surface area contributed by atoms with Crippen molar-refractivity contribution in [2.45, 2.75) is 13.5 Å². The van der Waals surface area contributed by atoms with E-state index in [1.165, 1.54) is 0 Å². The molecule has 2 aliphatic heterocycles. The molecule has 4 heterocycles. The zero-order valence-electron chi connectivity index (χ0n) is 20.3. The minimum absolute atomic E-state index is 0.0499. The Hall–Kier alpha value is -4.66. The van der Waals surface area contributed by atoms with Crippen LogP contribution in [0.4, 0.5) is 5.69 Å². The first-order valence-electron chi connectivity index (χ1n) is 12.2. The van der Waals surface area contributed by atoms with Gasteiger partial charge in [-0.05, 0) is 36.4 Å². The Kier molecular flexibility index (Phi) is 5.60. The van der Waals surface area contributed by atoms with Crippen molar-refractivity contribution >= 4 is 28.4 Å². The number of carbonyl (C=O) groups is 2. The Labute approximate surface area is 212 Å². The number of anilines is 1. The molecule has 1 saturated heterocycles. The van der Waals surface area contributed by atoms with Crippen LogP contribution in [0.25, 0.3) is 16.6 Å². The summed E-state index contributed by atoms with van der Waals surface area (Å²) in [5, 5.41) is 3.22. The predicted molar refractivity (Wildman–Crippen MR) is 139 cm³/mol. The summed E-state index contributed by atoms with van der Waals surface area (Å²) in [6.45, 7) is 4.34. The van der Waals surface area contributed by atoms with Crippen molar-refractivity contribution in [1.29, 1.82) is 0 Å². The van der Waals surface area contributed by atoms with Gasteiger partial charge in [-0.2, -0.15) is 0 Å². The maximum atomic E-state index is 13.5. The van der Waals surface area contributed by atoms with Crippen LogP contribution in [-0.4, -0.2) is 52.4 Å². The molecule has 2 aromatic heterocycles. The van der Waals surface area contributed by atoms with Crippen molar-refractivity contribution in [3.63, 3.8) is 0 Å². The summed E-state index contributed by atoms with van der Waals surface area (Å²) < 4.78 is 8.25. The van der Waals surface area contributed by atoms with Gasteiger partial charge in [0.25, 0.3) is 5.91 Å². The van der Waals surface area contributed by atoms with E-state index in [4.69, 9.17) is 4.74 Å². The number of rotatable bonds is 4. The lowest BCUT2D eigenvalue weighted by Crippen LogP contribution is -2.48. The third kappa shape index (κ3) is 3.98. The van der Waals surface area contributed by atoms with Gasteiger partial charge in [-0.3, -0.25) is 19.4 Å². The predicted octanol–water partition coefficient (Wildman–Crippen LogP) is 3.09. The van der Waals surface area contributed by atoms with Crippen molar-refractivity contribution in [3.05, 3.63) is 88.5 Å². The molecule has 1 fully saturated rings. The number of fused-ring (bicyclic) bond motifs is 2. The van der Waals surface area contributed by atoms with E-state index in [9.17, 15) is 14.4 Å². The lowest BCUT2D eigenvalue weighted by Gasteiger charge is -2.37. The molecule has 0 bridgehead atoms. The van der Waals surface area contributed by atoms with Gasteiger partial charge < -0.3 is 24.4 Å². The molecule has 2 amide bonds. The number of nitrogens with zero attached hydrogens (tertiary/aromatic N) is 4. The van der Waals surface area contributed by atoms with Gasteiger partial charge in [-0.1, -0.05) is 18.2 Å². The summed E-state index contributed by atoms with van der Waals surface area (Å²) in [7, 11) is 0. The molecule has 186 valence electrons. The molecule has 2 aromatic carbocycles. The van der Waals surface area contributed by atoms with Crippen LogP contribution in [0.1, 0.15) is 23.0 Å². The molecule has 4 aromatic rings. The fourth-order valence-corrected chi connectivity index (χ4v) is 4.97. The fourth-order valence-electron chi connectivity index (χ4n) is 4.97. The second kappa shape index (κ2) is 9.09. The maximum Gasteiger partial charge on any atom is 0.257 e. The van der Waals surface area contributed by atoms with E-state index >= 15 is 0 Å². The second-order valence-electron chi connectivity index (χ2n) is 9.12. The summed E-state index contributed by atoms with van der Waals surface area (Å²) in [5.41, 5.74) is 2.61. The first-order valence-corrected chi connectivity index (χ1v) is 12.2. The van der Waals surface area contributed by atoms with E-state index in [2.05, 4.69) is 15.2 Å². The topological polar surface area (TPSA) is 96.8 Å². The van der Waals surface area contributed by atoms with Gasteiger partial charge in [0.1, 0.15) is 11.1 Å². The lowest BCUT2D eigenvalue weighted by molar-refractivity contribution is -0.129. The number of hydrogen-bond donors (Lipinski definition) is 1. The molecular formula is C28H25N5O4. The highest BCUT2D eigenvalue weighted by atomic mass is 16.5. The molecule has 9 heteroatoms. The number of piperazine rings is 1. The van der Waals surface area contributed by atoms with Crippen LogP contribution >= 0.6 is 0 Å². The second-order valence-corrected chi connectivity index (χ2v) is 9.12. The molecule has 9 nitrogen and oxygen atoms in total. The molecule has 0 spiro atoms. The number of amides is 2. The molecule has 2 aliphatic rings. The molecule has 6 rings (SSSR count). The first-order chi connectivity index (χ1) is 18.0. The highest BCUT2D eigenvalue weighted by Gasteiger charge is 2.29. The Bertz CT molecular complexity index is 1590. The van der Waals surface area contributed by atoms with E-state index < -0.39 is 5.91 Å². The van der Waals surface area contributed by atoms with Crippen molar-refractivity contribution in [3.8, 4) is 17.2 Å². The van der Waals surface area contributed by atoms with E-state index in [0.29, 0.717) is 54.3 Å². The molecule has 1 N–H and O–H groups in total. The smallest absolute Gasteiger partial charge is 0.257 e. The number of carbonyl (C=O) groups excluding carboxylic acids is 2. The molecule has 0 aliphatic carbocycles. The number of ether oxygens (including phenoxy) is 1. The summed E-state index contributed by atoms with van der Waals surface area (Å²) >= 11 is 0. The Morgan fingerprint density at radius 2 is 1.76 bits per heavy atom. The van der Waals surface area contributed by atoms with Crippen LogP contribution in [-0.2, 0) is 11.3 Å². The summed E-state index contributed by atoms with van der Waals surface area (Å²) in [6.07, 6.45) is 3.26. The Morgan fingerprint density at radius 3 is 2.51 bits per heavy atom. The largest absolute Gasteiger partial charge is 0.451 e. The highest BCUT2D eigenvalue weighted by Crippen LogP contribution is 2.45. The van der Waals surface area contributed by atoms with Gasteiger partial charge in [0.15, 0.2) is 11.5 Å². The number of pyridine rings is 2. The van der Waals surface area contributed by atoms with Gasteiger partial charge in [0, 0.05) is 45.5 Å². The monoisotopic (exact) mass is 495 g/mol. The van der Waals surface area contributed by atoms with Gasteiger partial charge in [-0.25, -0.2) is 0 Å². The van der Waals surface area contributed by atoms with Crippen molar-refractivity contribution in [2.24, 2.45) is 0 Å². The van der Waals surface area contributed by atoms with Crippen molar-refractivity contribution in [2.75, 3.05) is 31.1 Å². The summed E-state index contributed by atoms with van der Waals surface area (Å²) in [4.78, 5) is 46.7. The summed E-state index contributed by atoms with van der Waals surface area (Å²) in [6, 6.07) is 16.6. The highest BCUT2D eigenvalue weighted by molar-refractivity contribution is 6.01. The van der Waals surface area contributed by atoms with E-state index in [1.54, 1.807) is 31.5 Å². The molecule has 37 heavy (non-hydrogen) atoms. The van der Waals surface area contributed by atoms with Gasteiger partial charge in [-0.15, -0.1) is 0 Å². The Morgan fingerprint density at radius 1 is 0.973 bits per heavy atom. The van der Waals surface area contributed by atoms with Crippen LogP contribution in [0, 0.1) is 0 Å². The van der Waals surface area contributed by atoms with Gasteiger partial charge in [0.2, 0.25) is 11.3 Å². The van der Waals surface area contributed by atoms with Crippen LogP contribution in [0.5, 0.6) is 11.5 Å². The zero-order chi connectivity index (χ0) is 25.5. The Balaban J connectivity index is 1.44. The van der Waals surface area contributed by atoms with Crippen LogP contribution in [0.3, 0.4) is 0 Å². The van der Waals surface area contributed by atoms with Crippen molar-refractivity contribution in [1.82, 2.24) is 19.8 Å². The fraction of sp³-hybridized carbons (Fsp3) is 0.214. The lowest BCUT2D eigenvalue weighted by atomic mass is 10.1. The minimum atomic E-state index is -0.462. The first kappa shape index (κ1) is 22.8. The zero-order valence-corrected chi connectivity index (χ0v) is 20.3. The number of aromatic nitrogens is 2. The van der Waals surface area contributed by atoms with E-state index in [0.717, 1.165) is 11.4 Å². The summed E-state index contributed by atoms with van der Waals surface area (Å²) in [5.74, 6) is 0.809. The van der Waals surface area contributed by atoms with E-state index in [1.807, 2.05) is 51.9 Å². The quantitative estimate of drug-likeness (QED) is 0.412. The molecule has 0 atom stereocenters. The normalized spacial score (nSPS) is 14.2. The SMILES string of the molecule is CC(=O)N1CCN(c2ccc3c(=O)c(C(=O)NCc4ccccn4)cn4c3c2Oc2ccccc2-4)CC1. The third-order valence-corrected chi connectivity index (χ3v) is 6.90. The maximum absolute atomic E-state index is 13.5. The number of para-hydroxylation sites is 2. The number of nitrogens with one attached hydrogen (secondary N) is 1.